The summed E-state index contributed by atoms with van der Waals surface area (Å²) in [5, 5.41) is 0. The molecule has 3 heteroatoms. The Morgan fingerprint density at radius 3 is 2.90 bits per heavy atom. The Kier molecular flexibility index (Phi) is 3.06. The van der Waals surface area contributed by atoms with Gasteiger partial charge in [0.25, 0.3) is 0 Å². The van der Waals surface area contributed by atoms with Gasteiger partial charge < -0.3 is 4.74 Å². The van der Waals surface area contributed by atoms with Crippen LogP contribution in [0.3, 0.4) is 0 Å². The number of hydrogen-bond acceptors (Lipinski definition) is 3. The van der Waals surface area contributed by atoms with Crippen LogP contribution in [-0.4, -0.2) is 17.2 Å². The van der Waals surface area contributed by atoms with Gasteiger partial charge in [0.2, 0.25) is 0 Å². The molecule has 0 aromatic heterocycles. The highest BCUT2D eigenvalue weighted by Gasteiger charge is 2.15. The Labute approximate surface area is 65.3 Å². The average Bonchev–Trinajstić information content (AvgIpc) is 1.88. The first-order chi connectivity index (χ1) is 4.79. The second-order valence-corrected chi connectivity index (χ2v) is 3.67. The largest absolute Gasteiger partial charge is 0.451 e. The Morgan fingerprint density at radius 2 is 2.40 bits per heavy atom. The van der Waals surface area contributed by atoms with E-state index in [1.54, 1.807) is 11.8 Å². The maximum absolute atomic E-state index is 10.5. The molecule has 0 spiro atoms. The summed E-state index contributed by atoms with van der Waals surface area (Å²) in [4.78, 5) is 10.5. The third-order valence-electron chi connectivity index (χ3n) is 1.44. The van der Waals surface area contributed by atoms with Crippen LogP contribution in [0, 0.1) is 0 Å². The predicted molar refractivity (Wildman–Crippen MR) is 41.9 cm³/mol. The Bertz CT molecular complexity index is 119. The highest BCUT2D eigenvalue weighted by Crippen LogP contribution is 2.25. The quantitative estimate of drug-likeness (QED) is 0.547. The van der Waals surface area contributed by atoms with E-state index in [1.165, 1.54) is 19.8 Å². The van der Waals surface area contributed by atoms with Crippen molar-refractivity contribution in [2.75, 3.05) is 5.75 Å². The molecule has 0 aromatic rings. The minimum Gasteiger partial charge on any atom is -0.451 e. The first-order valence-corrected chi connectivity index (χ1v) is 4.63. The first-order valence-electron chi connectivity index (χ1n) is 3.58. The molecule has 58 valence electrons. The molecule has 1 fully saturated rings. The van der Waals surface area contributed by atoms with Crippen LogP contribution in [0.25, 0.3) is 0 Å². The van der Waals surface area contributed by atoms with Crippen molar-refractivity contribution in [3.63, 3.8) is 0 Å². The lowest BCUT2D eigenvalue weighted by molar-refractivity contribution is -0.142. The molecule has 0 amide bonds. The SMILES string of the molecule is CC(=O)O[C@@H]1CCCCS1. The molecule has 1 atom stereocenters. The van der Waals surface area contributed by atoms with Crippen molar-refractivity contribution in [1.29, 1.82) is 0 Å². The summed E-state index contributed by atoms with van der Waals surface area (Å²) in [6.45, 7) is 1.47. The fourth-order valence-electron chi connectivity index (χ4n) is 0.989. The van der Waals surface area contributed by atoms with E-state index in [4.69, 9.17) is 4.74 Å². The summed E-state index contributed by atoms with van der Waals surface area (Å²) >= 11 is 1.75. The third-order valence-corrected chi connectivity index (χ3v) is 2.66. The molecule has 2 nitrogen and oxygen atoms in total. The molecule has 0 radical (unpaired) electrons. The minimum atomic E-state index is -0.153. The van der Waals surface area contributed by atoms with Gasteiger partial charge in [-0.1, -0.05) is 0 Å². The fourth-order valence-corrected chi connectivity index (χ4v) is 2.16. The first kappa shape index (κ1) is 7.92. The van der Waals surface area contributed by atoms with Crippen LogP contribution in [0.15, 0.2) is 0 Å². The van der Waals surface area contributed by atoms with Crippen molar-refractivity contribution in [2.45, 2.75) is 31.6 Å². The molecular formula is C7H12O2S. The van der Waals surface area contributed by atoms with Gasteiger partial charge in [-0.25, -0.2) is 0 Å². The third kappa shape index (κ3) is 2.60. The van der Waals surface area contributed by atoms with Gasteiger partial charge in [-0.2, -0.15) is 0 Å². The van der Waals surface area contributed by atoms with Crippen LogP contribution in [0.4, 0.5) is 0 Å². The van der Waals surface area contributed by atoms with Gasteiger partial charge in [0.15, 0.2) is 0 Å². The lowest BCUT2D eigenvalue weighted by atomic mass is 10.2. The molecule has 0 aromatic carbocycles. The van der Waals surface area contributed by atoms with E-state index in [0.717, 1.165) is 12.2 Å². The summed E-state index contributed by atoms with van der Waals surface area (Å²) in [5.74, 6) is 0.984. The molecule has 1 aliphatic rings. The van der Waals surface area contributed by atoms with Crippen LogP contribution in [-0.2, 0) is 9.53 Å². The van der Waals surface area contributed by atoms with E-state index < -0.39 is 0 Å². The monoisotopic (exact) mass is 160 g/mol. The van der Waals surface area contributed by atoms with Gasteiger partial charge in [0, 0.05) is 6.92 Å². The van der Waals surface area contributed by atoms with E-state index >= 15 is 0 Å². The van der Waals surface area contributed by atoms with E-state index in [9.17, 15) is 4.79 Å². The molecule has 1 rings (SSSR count). The number of ether oxygens (including phenoxy) is 1. The van der Waals surface area contributed by atoms with Gasteiger partial charge in [-0.05, 0) is 25.0 Å². The summed E-state index contributed by atoms with van der Waals surface area (Å²) in [6, 6.07) is 0. The molecular weight excluding hydrogens is 148 g/mol. The highest BCUT2D eigenvalue weighted by atomic mass is 32.2. The Hall–Kier alpha value is -0.180. The molecule has 1 aliphatic heterocycles. The van der Waals surface area contributed by atoms with Crippen molar-refractivity contribution >= 4 is 17.7 Å². The lowest BCUT2D eigenvalue weighted by Crippen LogP contribution is -2.16. The van der Waals surface area contributed by atoms with Gasteiger partial charge >= 0.3 is 5.97 Å². The second-order valence-electron chi connectivity index (χ2n) is 2.41. The van der Waals surface area contributed by atoms with Crippen LogP contribution in [0.1, 0.15) is 26.2 Å². The van der Waals surface area contributed by atoms with Crippen molar-refractivity contribution in [1.82, 2.24) is 0 Å². The van der Waals surface area contributed by atoms with Gasteiger partial charge in [0.1, 0.15) is 5.44 Å². The van der Waals surface area contributed by atoms with Crippen LogP contribution in [0.5, 0.6) is 0 Å². The van der Waals surface area contributed by atoms with Crippen molar-refractivity contribution in [2.24, 2.45) is 0 Å². The summed E-state index contributed by atoms with van der Waals surface area (Å²) in [5.41, 5.74) is 0.145. The molecule has 0 unspecified atom stereocenters. The van der Waals surface area contributed by atoms with Crippen LogP contribution < -0.4 is 0 Å². The zero-order valence-electron chi connectivity index (χ0n) is 6.13. The molecule has 0 N–H and O–H groups in total. The van der Waals surface area contributed by atoms with Gasteiger partial charge in [-0.15, -0.1) is 11.8 Å². The molecule has 10 heavy (non-hydrogen) atoms. The molecule has 0 aliphatic carbocycles. The van der Waals surface area contributed by atoms with Crippen molar-refractivity contribution < 1.29 is 9.53 Å². The summed E-state index contributed by atoms with van der Waals surface area (Å²) in [7, 11) is 0. The number of hydrogen-bond donors (Lipinski definition) is 0. The van der Waals surface area contributed by atoms with E-state index in [-0.39, 0.29) is 11.4 Å². The highest BCUT2D eigenvalue weighted by molar-refractivity contribution is 7.99. The molecule has 1 heterocycles. The fraction of sp³-hybridized carbons (Fsp3) is 0.857. The Morgan fingerprint density at radius 1 is 1.60 bits per heavy atom. The summed E-state index contributed by atoms with van der Waals surface area (Å²) < 4.78 is 5.02. The smallest absolute Gasteiger partial charge is 0.303 e. The molecule has 1 saturated heterocycles. The number of esters is 1. The van der Waals surface area contributed by atoms with E-state index in [0.29, 0.717) is 0 Å². The van der Waals surface area contributed by atoms with E-state index in [2.05, 4.69) is 0 Å². The van der Waals surface area contributed by atoms with Gasteiger partial charge in [0.05, 0.1) is 0 Å². The molecule has 0 saturated carbocycles. The zero-order valence-corrected chi connectivity index (χ0v) is 6.95. The number of carbonyl (C=O) groups excluding carboxylic acids is 1. The van der Waals surface area contributed by atoms with Crippen molar-refractivity contribution in [3.8, 4) is 0 Å². The number of rotatable bonds is 1. The van der Waals surface area contributed by atoms with Crippen molar-refractivity contribution in [3.05, 3.63) is 0 Å². The maximum atomic E-state index is 10.5. The number of thioether (sulfide) groups is 1. The summed E-state index contributed by atoms with van der Waals surface area (Å²) in [6.07, 6.45) is 3.50. The molecule has 0 bridgehead atoms. The standard InChI is InChI=1S/C7H12O2S/c1-6(8)9-7-4-2-3-5-10-7/h7H,2-5H2,1H3/t7-/m0/s1. The number of carbonyl (C=O) groups is 1. The normalized spacial score (nSPS) is 25.9. The predicted octanol–water partition coefficient (Wildman–Crippen LogP) is 1.79. The topological polar surface area (TPSA) is 26.3 Å². The second kappa shape index (κ2) is 3.86. The van der Waals surface area contributed by atoms with Crippen LogP contribution in [0.2, 0.25) is 0 Å². The van der Waals surface area contributed by atoms with Crippen LogP contribution >= 0.6 is 11.8 Å². The Balaban J connectivity index is 2.19. The zero-order chi connectivity index (χ0) is 7.40. The minimum absolute atomic E-state index is 0.145. The maximum Gasteiger partial charge on any atom is 0.303 e. The lowest BCUT2D eigenvalue weighted by Gasteiger charge is -2.20. The van der Waals surface area contributed by atoms with Gasteiger partial charge in [-0.3, -0.25) is 4.79 Å². The van der Waals surface area contributed by atoms with E-state index in [1.807, 2.05) is 0 Å². The average molecular weight is 160 g/mol.